The van der Waals surface area contributed by atoms with Crippen LogP contribution in [0.2, 0.25) is 0 Å². The van der Waals surface area contributed by atoms with Crippen LogP contribution in [0.25, 0.3) is 0 Å². The van der Waals surface area contributed by atoms with Crippen LogP contribution in [-0.4, -0.2) is 25.5 Å². The molecule has 8 heteroatoms. The van der Waals surface area contributed by atoms with E-state index in [-0.39, 0.29) is 10.7 Å². The van der Waals surface area contributed by atoms with Gasteiger partial charge >= 0.3 is 0 Å². The maximum absolute atomic E-state index is 12.3. The molecule has 21 heavy (non-hydrogen) atoms. The van der Waals surface area contributed by atoms with Crippen LogP contribution in [0.15, 0.2) is 35.5 Å². The molecule has 0 saturated carbocycles. The third-order valence-corrected chi connectivity index (χ3v) is 4.23. The van der Waals surface area contributed by atoms with E-state index in [1.165, 1.54) is 37.7 Å². The average molecular weight is 308 g/mol. The average Bonchev–Trinajstić information content (AvgIpc) is 2.47. The van der Waals surface area contributed by atoms with Gasteiger partial charge in [0.05, 0.1) is 17.6 Å². The normalized spacial score (nSPS) is 11.1. The fraction of sp³-hybridized carbons (Fsp3) is 0.231. The molecule has 0 unspecified atom stereocenters. The minimum Gasteiger partial charge on any atom is -0.481 e. The van der Waals surface area contributed by atoms with Gasteiger partial charge in [0.2, 0.25) is 5.88 Å². The molecule has 0 saturated heterocycles. The number of nitrogen functional groups attached to an aromatic ring is 1. The molecule has 2 rings (SSSR count). The highest BCUT2D eigenvalue weighted by molar-refractivity contribution is 7.92. The van der Waals surface area contributed by atoms with Crippen LogP contribution in [0.3, 0.4) is 0 Å². The van der Waals surface area contributed by atoms with Crippen molar-refractivity contribution in [3.8, 4) is 5.88 Å². The van der Waals surface area contributed by atoms with Crippen molar-refractivity contribution in [3.05, 3.63) is 36.2 Å². The summed E-state index contributed by atoms with van der Waals surface area (Å²) in [6.07, 6.45) is 1.78. The number of sulfonamides is 1. The third-order valence-electron chi connectivity index (χ3n) is 2.87. The van der Waals surface area contributed by atoms with Crippen molar-refractivity contribution < 1.29 is 13.2 Å². The van der Waals surface area contributed by atoms with Gasteiger partial charge in [-0.3, -0.25) is 4.72 Å². The van der Waals surface area contributed by atoms with Crippen molar-refractivity contribution >= 4 is 21.5 Å². The van der Waals surface area contributed by atoms with Gasteiger partial charge in [0.25, 0.3) is 10.0 Å². The third kappa shape index (κ3) is 3.22. The highest BCUT2D eigenvalue weighted by Crippen LogP contribution is 2.24. The summed E-state index contributed by atoms with van der Waals surface area (Å²) in [5, 5.41) is 0. The van der Waals surface area contributed by atoms with Gasteiger partial charge in [-0.15, -0.1) is 0 Å². The molecule has 1 aromatic heterocycles. The number of aromatic nitrogens is 2. The van der Waals surface area contributed by atoms with Crippen LogP contribution in [-0.2, 0) is 16.4 Å². The number of ether oxygens (including phenoxy) is 1. The molecule has 0 aliphatic rings. The van der Waals surface area contributed by atoms with Gasteiger partial charge in [-0.1, -0.05) is 6.92 Å². The van der Waals surface area contributed by atoms with Crippen LogP contribution in [0.1, 0.15) is 12.5 Å². The molecule has 7 nitrogen and oxygen atoms in total. The summed E-state index contributed by atoms with van der Waals surface area (Å²) in [4.78, 5) is 8.05. The predicted molar refractivity (Wildman–Crippen MR) is 79.6 cm³/mol. The van der Waals surface area contributed by atoms with Crippen molar-refractivity contribution in [2.75, 3.05) is 17.6 Å². The van der Waals surface area contributed by atoms with Crippen LogP contribution < -0.4 is 15.2 Å². The molecule has 0 aliphatic carbocycles. The Hall–Kier alpha value is -2.35. The zero-order valence-electron chi connectivity index (χ0n) is 11.7. The fourth-order valence-electron chi connectivity index (χ4n) is 1.81. The van der Waals surface area contributed by atoms with Crippen LogP contribution in [0, 0.1) is 0 Å². The molecule has 0 radical (unpaired) electrons. The Labute approximate surface area is 123 Å². The second-order valence-electron chi connectivity index (χ2n) is 4.24. The summed E-state index contributed by atoms with van der Waals surface area (Å²) in [6.45, 7) is 1.86. The second-order valence-corrected chi connectivity index (χ2v) is 5.92. The quantitative estimate of drug-likeness (QED) is 0.809. The Morgan fingerprint density at radius 3 is 2.48 bits per heavy atom. The lowest BCUT2D eigenvalue weighted by Crippen LogP contribution is -2.16. The number of nitrogens with zero attached hydrogens (tertiary/aromatic N) is 2. The van der Waals surface area contributed by atoms with Crippen molar-refractivity contribution in [3.63, 3.8) is 0 Å². The van der Waals surface area contributed by atoms with E-state index in [0.717, 1.165) is 0 Å². The first-order valence-corrected chi connectivity index (χ1v) is 7.72. The first-order chi connectivity index (χ1) is 9.97. The van der Waals surface area contributed by atoms with Crippen LogP contribution >= 0.6 is 0 Å². The van der Waals surface area contributed by atoms with Crippen LogP contribution in [0.4, 0.5) is 11.5 Å². The first-order valence-electron chi connectivity index (χ1n) is 6.24. The molecule has 1 aromatic carbocycles. The number of anilines is 2. The molecule has 0 bridgehead atoms. The number of hydrogen-bond acceptors (Lipinski definition) is 6. The van der Waals surface area contributed by atoms with Gasteiger partial charge in [-0.25, -0.2) is 18.4 Å². The maximum atomic E-state index is 12.3. The Bertz CT molecular complexity index is 730. The summed E-state index contributed by atoms with van der Waals surface area (Å²) >= 11 is 0. The number of rotatable bonds is 5. The number of methoxy groups -OCH3 is 1. The van der Waals surface area contributed by atoms with E-state index in [1.54, 1.807) is 0 Å². The second kappa shape index (κ2) is 5.96. The maximum Gasteiger partial charge on any atom is 0.263 e. The number of nitrogens with one attached hydrogen (secondary N) is 1. The predicted octanol–water partition coefficient (Wildman–Crippen LogP) is 1.43. The highest BCUT2D eigenvalue weighted by Gasteiger charge is 2.18. The van der Waals surface area contributed by atoms with Gasteiger partial charge in [0, 0.05) is 5.69 Å². The fourth-order valence-corrected chi connectivity index (χ4v) is 2.85. The molecular formula is C13H16N4O3S. The largest absolute Gasteiger partial charge is 0.481 e. The summed E-state index contributed by atoms with van der Waals surface area (Å²) in [7, 11) is -2.27. The molecule has 0 fully saturated rings. The zero-order valence-corrected chi connectivity index (χ0v) is 12.5. The van der Waals surface area contributed by atoms with Gasteiger partial charge in [0.15, 0.2) is 0 Å². The van der Waals surface area contributed by atoms with Crippen molar-refractivity contribution in [2.24, 2.45) is 0 Å². The lowest BCUT2D eigenvalue weighted by atomic mass is 10.2. The molecule has 0 aliphatic heterocycles. The first kappa shape index (κ1) is 15.0. The van der Waals surface area contributed by atoms with Crippen LogP contribution in [0.5, 0.6) is 5.88 Å². The minimum atomic E-state index is -3.74. The smallest absolute Gasteiger partial charge is 0.263 e. The summed E-state index contributed by atoms with van der Waals surface area (Å²) in [5.41, 5.74) is 6.64. The van der Waals surface area contributed by atoms with Gasteiger partial charge in [-0.05, 0) is 30.7 Å². The molecule has 112 valence electrons. The van der Waals surface area contributed by atoms with Gasteiger partial charge < -0.3 is 10.5 Å². The molecule has 0 spiro atoms. The molecule has 0 amide bonds. The Balaban J connectivity index is 2.39. The highest BCUT2D eigenvalue weighted by atomic mass is 32.2. The Kier molecular flexibility index (Phi) is 4.27. The van der Waals surface area contributed by atoms with E-state index >= 15 is 0 Å². The number of hydrogen-bond donors (Lipinski definition) is 2. The molecule has 2 aromatic rings. The summed E-state index contributed by atoms with van der Waals surface area (Å²) in [6, 6.07) is 5.91. The van der Waals surface area contributed by atoms with E-state index in [9.17, 15) is 8.42 Å². The Morgan fingerprint density at radius 1 is 1.24 bits per heavy atom. The van der Waals surface area contributed by atoms with E-state index in [1.807, 2.05) is 6.92 Å². The van der Waals surface area contributed by atoms with E-state index in [4.69, 9.17) is 10.5 Å². The standard InChI is InChI=1S/C13H16N4O3S/c1-3-11-12(15-8-16-13(11)20-2)17-21(18,19)10-6-4-9(14)5-7-10/h4-8H,3,14H2,1-2H3,(H,15,16,17). The SMILES string of the molecule is CCc1c(NS(=O)(=O)c2ccc(N)cc2)ncnc1OC. The lowest BCUT2D eigenvalue weighted by molar-refractivity contribution is 0.392. The molecular weight excluding hydrogens is 292 g/mol. The van der Waals surface area contributed by atoms with Crippen molar-refractivity contribution in [1.29, 1.82) is 0 Å². The number of benzene rings is 1. The molecule has 1 heterocycles. The zero-order chi connectivity index (χ0) is 15.5. The van der Waals surface area contributed by atoms with Crippen molar-refractivity contribution in [2.45, 2.75) is 18.2 Å². The molecule has 0 atom stereocenters. The summed E-state index contributed by atoms with van der Waals surface area (Å²) < 4.78 is 32.2. The van der Waals surface area contributed by atoms with E-state index in [0.29, 0.717) is 23.6 Å². The minimum absolute atomic E-state index is 0.108. The summed E-state index contributed by atoms with van der Waals surface area (Å²) in [5.74, 6) is 0.559. The monoisotopic (exact) mass is 308 g/mol. The number of nitrogens with two attached hydrogens (primary N) is 1. The molecule has 3 N–H and O–H groups in total. The van der Waals surface area contributed by atoms with Crippen molar-refractivity contribution in [1.82, 2.24) is 9.97 Å². The van der Waals surface area contributed by atoms with E-state index < -0.39 is 10.0 Å². The Morgan fingerprint density at radius 2 is 1.90 bits per heavy atom. The van der Waals surface area contributed by atoms with E-state index in [2.05, 4.69) is 14.7 Å². The topological polar surface area (TPSA) is 107 Å². The lowest BCUT2D eigenvalue weighted by Gasteiger charge is -2.12. The van der Waals surface area contributed by atoms with Gasteiger partial charge in [0.1, 0.15) is 12.1 Å². The van der Waals surface area contributed by atoms with Gasteiger partial charge in [-0.2, -0.15) is 0 Å².